The Morgan fingerprint density at radius 1 is 1.11 bits per heavy atom. The van der Waals surface area contributed by atoms with E-state index < -0.39 is 0 Å². The zero-order valence-electron chi connectivity index (χ0n) is 16.2. The number of methoxy groups -OCH3 is 2. The van der Waals surface area contributed by atoms with Crippen molar-refractivity contribution in [3.8, 4) is 11.5 Å². The molecule has 1 aromatic heterocycles. The van der Waals surface area contributed by atoms with Crippen LogP contribution in [0.15, 0.2) is 35.7 Å². The number of ether oxygens (including phenoxy) is 2. The largest absolute Gasteiger partial charge is 0.497 e. The van der Waals surface area contributed by atoms with Crippen LogP contribution < -0.4 is 20.1 Å². The molecule has 0 saturated heterocycles. The van der Waals surface area contributed by atoms with Gasteiger partial charge in [0.25, 0.3) is 5.91 Å². The van der Waals surface area contributed by atoms with E-state index in [1.165, 1.54) is 24.8 Å². The number of amides is 2. The monoisotopic (exact) mass is 402 g/mol. The van der Waals surface area contributed by atoms with Gasteiger partial charge in [0.1, 0.15) is 11.5 Å². The molecule has 1 saturated carbocycles. The summed E-state index contributed by atoms with van der Waals surface area (Å²) in [5.74, 6) is 0.452. The summed E-state index contributed by atoms with van der Waals surface area (Å²) in [6, 6.07) is 9.15. The number of thiophene rings is 1. The highest BCUT2D eigenvalue weighted by atomic mass is 32.1. The van der Waals surface area contributed by atoms with Crippen LogP contribution in [0.4, 0.5) is 0 Å². The lowest BCUT2D eigenvalue weighted by Crippen LogP contribution is -2.43. The van der Waals surface area contributed by atoms with Crippen molar-refractivity contribution in [1.82, 2.24) is 10.6 Å². The van der Waals surface area contributed by atoms with Crippen molar-refractivity contribution in [2.75, 3.05) is 27.3 Å². The fourth-order valence-electron chi connectivity index (χ4n) is 3.71. The van der Waals surface area contributed by atoms with Crippen LogP contribution in [-0.4, -0.2) is 39.1 Å². The van der Waals surface area contributed by atoms with Gasteiger partial charge in [-0.15, -0.1) is 11.3 Å². The van der Waals surface area contributed by atoms with Crippen molar-refractivity contribution in [1.29, 1.82) is 0 Å². The summed E-state index contributed by atoms with van der Waals surface area (Å²) in [6.45, 7) is 0.530. The van der Waals surface area contributed by atoms with E-state index in [1.54, 1.807) is 36.6 Å². The van der Waals surface area contributed by atoms with Crippen molar-refractivity contribution in [3.05, 3.63) is 46.2 Å². The van der Waals surface area contributed by atoms with Gasteiger partial charge in [0, 0.05) is 22.9 Å². The maximum atomic E-state index is 12.4. The third-order valence-corrected chi connectivity index (χ3v) is 6.41. The summed E-state index contributed by atoms with van der Waals surface area (Å²) in [5, 5.41) is 7.76. The molecule has 2 amide bonds. The van der Waals surface area contributed by atoms with Crippen LogP contribution in [0, 0.1) is 0 Å². The van der Waals surface area contributed by atoms with Crippen LogP contribution in [-0.2, 0) is 10.2 Å². The summed E-state index contributed by atoms with van der Waals surface area (Å²) >= 11 is 1.75. The Hall–Kier alpha value is -2.54. The summed E-state index contributed by atoms with van der Waals surface area (Å²) in [7, 11) is 3.04. The molecule has 28 heavy (non-hydrogen) atoms. The van der Waals surface area contributed by atoms with Gasteiger partial charge in [-0.05, 0) is 36.4 Å². The number of hydrogen-bond acceptors (Lipinski definition) is 5. The van der Waals surface area contributed by atoms with Gasteiger partial charge in [-0.25, -0.2) is 0 Å². The molecule has 3 rings (SSSR count). The fourth-order valence-corrected chi connectivity index (χ4v) is 4.70. The van der Waals surface area contributed by atoms with E-state index in [0.29, 0.717) is 23.6 Å². The number of carbonyl (C=O) groups is 2. The van der Waals surface area contributed by atoms with Crippen molar-refractivity contribution in [2.24, 2.45) is 0 Å². The maximum absolute atomic E-state index is 12.4. The average molecular weight is 403 g/mol. The predicted molar refractivity (Wildman–Crippen MR) is 109 cm³/mol. The second-order valence-corrected chi connectivity index (χ2v) is 7.94. The first-order valence-electron chi connectivity index (χ1n) is 9.39. The molecule has 0 bridgehead atoms. The van der Waals surface area contributed by atoms with Crippen LogP contribution >= 0.6 is 11.3 Å². The molecule has 6 nitrogen and oxygen atoms in total. The van der Waals surface area contributed by atoms with Gasteiger partial charge in [0.2, 0.25) is 5.91 Å². The molecule has 2 N–H and O–H groups in total. The molecule has 1 heterocycles. The fraction of sp³-hybridized carbons (Fsp3) is 0.429. The first-order chi connectivity index (χ1) is 13.6. The summed E-state index contributed by atoms with van der Waals surface area (Å²) in [6.07, 6.45) is 4.54. The van der Waals surface area contributed by atoms with E-state index in [0.717, 1.165) is 12.8 Å². The van der Waals surface area contributed by atoms with Crippen LogP contribution in [0.2, 0.25) is 0 Å². The van der Waals surface area contributed by atoms with Gasteiger partial charge >= 0.3 is 0 Å². The van der Waals surface area contributed by atoms with E-state index in [2.05, 4.69) is 28.1 Å². The van der Waals surface area contributed by atoms with E-state index in [4.69, 9.17) is 9.47 Å². The van der Waals surface area contributed by atoms with Crippen molar-refractivity contribution in [2.45, 2.75) is 31.1 Å². The van der Waals surface area contributed by atoms with E-state index in [1.807, 2.05) is 0 Å². The molecule has 1 aromatic carbocycles. The Kier molecular flexibility index (Phi) is 6.57. The molecule has 7 heteroatoms. The minimum Gasteiger partial charge on any atom is -0.497 e. The number of nitrogens with one attached hydrogen (secondary N) is 2. The van der Waals surface area contributed by atoms with Gasteiger partial charge < -0.3 is 20.1 Å². The summed E-state index contributed by atoms with van der Waals surface area (Å²) < 4.78 is 10.4. The Morgan fingerprint density at radius 3 is 2.54 bits per heavy atom. The van der Waals surface area contributed by atoms with Gasteiger partial charge in [0.15, 0.2) is 0 Å². The zero-order chi connectivity index (χ0) is 20.0. The normalized spacial score (nSPS) is 15.1. The molecule has 0 aliphatic heterocycles. The molecule has 1 aliphatic carbocycles. The number of benzene rings is 1. The average Bonchev–Trinajstić information content (AvgIpc) is 3.42. The number of carbonyl (C=O) groups excluding carboxylic acids is 2. The van der Waals surface area contributed by atoms with Gasteiger partial charge in [-0.1, -0.05) is 18.9 Å². The van der Waals surface area contributed by atoms with Gasteiger partial charge in [-0.2, -0.15) is 0 Å². The van der Waals surface area contributed by atoms with Crippen molar-refractivity contribution in [3.63, 3.8) is 0 Å². The molecule has 0 atom stereocenters. The highest BCUT2D eigenvalue weighted by molar-refractivity contribution is 7.10. The standard InChI is InChI=1S/C21H26N2O4S/c1-26-15-7-8-16(17(12-15)27-2)20(25)22-13-19(24)23-14-21(9-3-4-10-21)18-6-5-11-28-18/h5-8,11-12H,3-4,9-10,13-14H2,1-2H3,(H,22,25)(H,23,24). The molecule has 0 unspecified atom stereocenters. The van der Waals surface area contributed by atoms with Crippen LogP contribution in [0.25, 0.3) is 0 Å². The SMILES string of the molecule is COc1ccc(C(=O)NCC(=O)NCC2(c3cccs3)CCCC2)c(OC)c1. The van der Waals surface area contributed by atoms with Crippen LogP contribution in [0.5, 0.6) is 11.5 Å². The third kappa shape index (κ3) is 4.47. The zero-order valence-corrected chi connectivity index (χ0v) is 17.1. The first kappa shape index (κ1) is 20.2. The third-order valence-electron chi connectivity index (χ3n) is 5.29. The Morgan fingerprint density at radius 2 is 1.89 bits per heavy atom. The van der Waals surface area contributed by atoms with Crippen molar-refractivity contribution >= 4 is 23.2 Å². The Balaban J connectivity index is 1.55. The lowest BCUT2D eigenvalue weighted by Gasteiger charge is -2.28. The molecule has 0 radical (unpaired) electrons. The number of hydrogen-bond donors (Lipinski definition) is 2. The highest BCUT2D eigenvalue weighted by Crippen LogP contribution is 2.42. The van der Waals surface area contributed by atoms with E-state index in [9.17, 15) is 9.59 Å². The lowest BCUT2D eigenvalue weighted by atomic mass is 9.84. The van der Waals surface area contributed by atoms with Gasteiger partial charge in [-0.3, -0.25) is 9.59 Å². The first-order valence-corrected chi connectivity index (χ1v) is 10.3. The smallest absolute Gasteiger partial charge is 0.255 e. The Labute approximate surface area is 169 Å². The topological polar surface area (TPSA) is 76.7 Å². The molecular weight excluding hydrogens is 376 g/mol. The molecule has 1 fully saturated rings. The highest BCUT2D eigenvalue weighted by Gasteiger charge is 2.36. The molecule has 150 valence electrons. The molecule has 1 aliphatic rings. The Bertz CT molecular complexity index is 814. The second kappa shape index (κ2) is 9.10. The minimum atomic E-state index is -0.358. The second-order valence-electron chi connectivity index (χ2n) is 6.99. The van der Waals surface area contributed by atoms with Crippen LogP contribution in [0.1, 0.15) is 40.9 Å². The van der Waals surface area contributed by atoms with E-state index in [-0.39, 0.29) is 23.8 Å². The maximum Gasteiger partial charge on any atom is 0.255 e. The van der Waals surface area contributed by atoms with E-state index >= 15 is 0 Å². The quantitative estimate of drug-likeness (QED) is 0.711. The van der Waals surface area contributed by atoms with Crippen LogP contribution in [0.3, 0.4) is 0 Å². The summed E-state index contributed by atoms with van der Waals surface area (Å²) in [4.78, 5) is 26.1. The predicted octanol–water partition coefficient (Wildman–Crippen LogP) is 3.12. The molecular formula is C21H26N2O4S. The molecule has 0 spiro atoms. The van der Waals surface area contributed by atoms with Crippen molar-refractivity contribution < 1.29 is 19.1 Å². The summed E-state index contributed by atoms with van der Waals surface area (Å²) in [5.41, 5.74) is 0.398. The molecule has 2 aromatic rings. The lowest BCUT2D eigenvalue weighted by molar-refractivity contribution is -0.120. The van der Waals surface area contributed by atoms with Gasteiger partial charge in [0.05, 0.1) is 26.3 Å². The number of rotatable bonds is 8. The minimum absolute atomic E-state index is 0.0348.